The molecule has 4 nitrogen and oxygen atoms in total. The normalized spacial score (nSPS) is 44.6. The Morgan fingerprint density at radius 3 is 2.42 bits per heavy atom. The van der Waals surface area contributed by atoms with Crippen molar-refractivity contribution in [3.05, 3.63) is 0 Å². The molecule has 0 aromatic carbocycles. The zero-order valence-electron chi connectivity index (χ0n) is 12.4. The van der Waals surface area contributed by atoms with Crippen LogP contribution in [-0.4, -0.2) is 43.0 Å². The molecule has 2 aliphatic carbocycles. The van der Waals surface area contributed by atoms with Crippen molar-refractivity contribution in [1.82, 2.24) is 10.2 Å². The molecule has 3 fully saturated rings. The molecule has 2 bridgehead atoms. The van der Waals surface area contributed by atoms with Crippen molar-refractivity contribution < 1.29 is 4.79 Å². The molecule has 0 radical (unpaired) electrons. The van der Waals surface area contributed by atoms with Crippen molar-refractivity contribution in [3.63, 3.8) is 0 Å². The largest absolute Gasteiger partial charge is 0.340 e. The first-order chi connectivity index (χ1) is 8.89. The minimum absolute atomic E-state index is 0.0311. The molecular formula is C15H27N3O. The Hall–Kier alpha value is -0.610. The minimum atomic E-state index is 0.0311. The Labute approximate surface area is 116 Å². The minimum Gasteiger partial charge on any atom is -0.340 e. The lowest BCUT2D eigenvalue weighted by atomic mass is 9.69. The van der Waals surface area contributed by atoms with Crippen LogP contribution in [-0.2, 0) is 4.79 Å². The Balaban J connectivity index is 1.84. The fourth-order valence-electron chi connectivity index (χ4n) is 4.85. The van der Waals surface area contributed by atoms with E-state index in [0.717, 1.165) is 26.2 Å². The van der Waals surface area contributed by atoms with E-state index >= 15 is 0 Å². The van der Waals surface area contributed by atoms with E-state index in [1.165, 1.54) is 12.8 Å². The van der Waals surface area contributed by atoms with Gasteiger partial charge in [-0.05, 0) is 29.6 Å². The van der Waals surface area contributed by atoms with Gasteiger partial charge in [-0.3, -0.25) is 4.79 Å². The van der Waals surface area contributed by atoms with Crippen molar-refractivity contribution in [2.24, 2.45) is 28.4 Å². The molecule has 0 aromatic heterocycles. The molecule has 19 heavy (non-hydrogen) atoms. The molecule has 0 spiro atoms. The van der Waals surface area contributed by atoms with Crippen LogP contribution in [0.1, 0.15) is 33.6 Å². The molecule has 1 saturated heterocycles. The van der Waals surface area contributed by atoms with Crippen LogP contribution < -0.4 is 11.1 Å². The third-order valence-electron chi connectivity index (χ3n) is 6.64. The fraction of sp³-hybridized carbons (Fsp3) is 0.933. The van der Waals surface area contributed by atoms with Gasteiger partial charge in [0.2, 0.25) is 5.91 Å². The lowest BCUT2D eigenvalue weighted by Crippen LogP contribution is -2.54. The van der Waals surface area contributed by atoms with Crippen LogP contribution in [0.2, 0.25) is 0 Å². The van der Waals surface area contributed by atoms with E-state index in [9.17, 15) is 4.79 Å². The highest BCUT2D eigenvalue weighted by atomic mass is 16.2. The Bertz CT molecular complexity index is 389. The molecule has 3 rings (SSSR count). The van der Waals surface area contributed by atoms with E-state index < -0.39 is 0 Å². The Kier molecular flexibility index (Phi) is 2.95. The maximum absolute atomic E-state index is 12.8. The third-order valence-corrected chi connectivity index (χ3v) is 6.64. The number of fused-ring (bicyclic) bond motifs is 2. The predicted molar refractivity (Wildman–Crippen MR) is 75.5 cm³/mol. The summed E-state index contributed by atoms with van der Waals surface area (Å²) < 4.78 is 0. The molecule has 1 aliphatic heterocycles. The van der Waals surface area contributed by atoms with E-state index in [4.69, 9.17) is 5.73 Å². The number of carbonyl (C=O) groups is 1. The summed E-state index contributed by atoms with van der Waals surface area (Å²) in [6.45, 7) is 10.4. The third kappa shape index (κ3) is 1.62. The number of nitrogens with two attached hydrogens (primary N) is 1. The number of amides is 1. The van der Waals surface area contributed by atoms with Crippen LogP contribution in [0.4, 0.5) is 0 Å². The first kappa shape index (κ1) is 13.4. The fourth-order valence-corrected chi connectivity index (χ4v) is 4.85. The van der Waals surface area contributed by atoms with Gasteiger partial charge in [-0.25, -0.2) is 0 Å². The summed E-state index contributed by atoms with van der Waals surface area (Å²) >= 11 is 0. The number of nitrogens with one attached hydrogen (secondary N) is 1. The second kappa shape index (κ2) is 4.19. The van der Waals surface area contributed by atoms with Gasteiger partial charge >= 0.3 is 0 Å². The standard InChI is InChI=1S/C15H27N3O/c1-14(2)10-4-5-15(14,3)12(16)11(10)13(19)18-8-6-17-7-9-18/h10-12,17H,4-9,16H2,1-3H3. The van der Waals surface area contributed by atoms with Gasteiger partial charge in [-0.1, -0.05) is 20.8 Å². The molecule has 2 saturated carbocycles. The van der Waals surface area contributed by atoms with Crippen molar-refractivity contribution in [2.45, 2.75) is 39.7 Å². The highest BCUT2D eigenvalue weighted by Gasteiger charge is 2.66. The summed E-state index contributed by atoms with van der Waals surface area (Å²) in [5, 5.41) is 3.30. The topological polar surface area (TPSA) is 58.4 Å². The van der Waals surface area contributed by atoms with Crippen molar-refractivity contribution in [2.75, 3.05) is 26.2 Å². The maximum Gasteiger partial charge on any atom is 0.227 e. The molecule has 4 heteroatoms. The monoisotopic (exact) mass is 265 g/mol. The number of hydrogen-bond acceptors (Lipinski definition) is 3. The molecule has 3 aliphatic rings. The molecule has 0 aromatic rings. The first-order valence-corrected chi connectivity index (χ1v) is 7.65. The summed E-state index contributed by atoms with van der Waals surface area (Å²) in [6, 6.07) is 0.0311. The van der Waals surface area contributed by atoms with E-state index in [2.05, 4.69) is 26.1 Å². The molecule has 108 valence electrons. The zero-order valence-corrected chi connectivity index (χ0v) is 12.4. The van der Waals surface area contributed by atoms with Gasteiger partial charge < -0.3 is 16.0 Å². The first-order valence-electron chi connectivity index (χ1n) is 7.65. The van der Waals surface area contributed by atoms with Crippen LogP contribution in [0, 0.1) is 22.7 Å². The summed E-state index contributed by atoms with van der Waals surface area (Å²) in [6.07, 6.45) is 2.34. The van der Waals surface area contributed by atoms with Crippen molar-refractivity contribution in [3.8, 4) is 0 Å². The van der Waals surface area contributed by atoms with Gasteiger partial charge in [-0.2, -0.15) is 0 Å². The Morgan fingerprint density at radius 1 is 1.26 bits per heavy atom. The molecular weight excluding hydrogens is 238 g/mol. The molecule has 1 heterocycles. The number of nitrogens with zero attached hydrogens (tertiary/aromatic N) is 1. The van der Waals surface area contributed by atoms with Crippen LogP contribution in [0.25, 0.3) is 0 Å². The molecule has 1 amide bonds. The van der Waals surface area contributed by atoms with Crippen molar-refractivity contribution >= 4 is 5.91 Å². The summed E-state index contributed by atoms with van der Waals surface area (Å²) in [7, 11) is 0. The SMILES string of the molecule is CC1(C)C2CCC1(C)C(N)C2C(=O)N1CCNCC1. The molecule has 4 unspecified atom stereocenters. The van der Waals surface area contributed by atoms with E-state index in [1.807, 2.05) is 4.90 Å². The van der Waals surface area contributed by atoms with Gasteiger partial charge in [0.15, 0.2) is 0 Å². The Morgan fingerprint density at radius 2 is 1.89 bits per heavy atom. The van der Waals surface area contributed by atoms with Crippen LogP contribution >= 0.6 is 0 Å². The number of piperazine rings is 1. The lowest BCUT2D eigenvalue weighted by molar-refractivity contribution is -0.138. The van der Waals surface area contributed by atoms with E-state index in [0.29, 0.717) is 11.8 Å². The van der Waals surface area contributed by atoms with Gasteiger partial charge in [0.25, 0.3) is 0 Å². The highest BCUT2D eigenvalue weighted by Crippen LogP contribution is 2.67. The average Bonchev–Trinajstić information content (AvgIpc) is 2.71. The highest BCUT2D eigenvalue weighted by molar-refractivity contribution is 5.81. The van der Waals surface area contributed by atoms with Crippen LogP contribution in [0.5, 0.6) is 0 Å². The molecule has 4 atom stereocenters. The number of rotatable bonds is 1. The van der Waals surface area contributed by atoms with Gasteiger partial charge in [-0.15, -0.1) is 0 Å². The second-order valence-corrected chi connectivity index (χ2v) is 7.41. The molecule has 3 N–H and O–H groups in total. The lowest BCUT2D eigenvalue weighted by Gasteiger charge is -2.39. The number of hydrogen-bond donors (Lipinski definition) is 2. The predicted octanol–water partition coefficient (Wildman–Crippen LogP) is 0.818. The quantitative estimate of drug-likeness (QED) is 0.738. The summed E-state index contributed by atoms with van der Waals surface area (Å²) in [4.78, 5) is 14.9. The van der Waals surface area contributed by atoms with Crippen LogP contribution in [0.15, 0.2) is 0 Å². The number of carbonyl (C=O) groups excluding carboxylic acids is 1. The van der Waals surface area contributed by atoms with Gasteiger partial charge in [0, 0.05) is 32.2 Å². The average molecular weight is 265 g/mol. The van der Waals surface area contributed by atoms with E-state index in [-0.39, 0.29) is 22.8 Å². The van der Waals surface area contributed by atoms with Gasteiger partial charge in [0.1, 0.15) is 0 Å². The van der Waals surface area contributed by atoms with E-state index in [1.54, 1.807) is 0 Å². The smallest absolute Gasteiger partial charge is 0.227 e. The zero-order chi connectivity index (χ0) is 13.8. The van der Waals surface area contributed by atoms with Crippen LogP contribution in [0.3, 0.4) is 0 Å². The second-order valence-electron chi connectivity index (χ2n) is 7.41. The van der Waals surface area contributed by atoms with Gasteiger partial charge in [0.05, 0.1) is 5.92 Å². The summed E-state index contributed by atoms with van der Waals surface area (Å²) in [5.74, 6) is 0.831. The summed E-state index contributed by atoms with van der Waals surface area (Å²) in [5.41, 5.74) is 6.84. The van der Waals surface area contributed by atoms with Crippen molar-refractivity contribution in [1.29, 1.82) is 0 Å². The maximum atomic E-state index is 12.8.